The summed E-state index contributed by atoms with van der Waals surface area (Å²) in [6.07, 6.45) is 7.97. The fourth-order valence-electron chi connectivity index (χ4n) is 6.57. The van der Waals surface area contributed by atoms with Gasteiger partial charge in [0.2, 0.25) is 17.7 Å². The number of piperidine rings is 2. The molecule has 0 aliphatic carbocycles. The van der Waals surface area contributed by atoms with Crippen LogP contribution in [-0.4, -0.2) is 87.2 Å². The van der Waals surface area contributed by atoms with Gasteiger partial charge in [-0.25, -0.2) is 4.98 Å². The fourth-order valence-corrected chi connectivity index (χ4v) is 6.57. The molecule has 2 fully saturated rings. The van der Waals surface area contributed by atoms with E-state index in [2.05, 4.69) is 20.6 Å². The lowest BCUT2D eigenvalue weighted by Crippen LogP contribution is -2.54. The average Bonchev–Trinajstić information content (AvgIpc) is 3.35. The number of para-hydroxylation sites is 2. The Kier molecular flexibility index (Phi) is 9.52. The molecule has 0 saturated carbocycles. The number of nitrogens with two attached hydrogens (primary N) is 1. The number of carbonyl (C=O) groups excluding carboxylic acids is 5. The molecule has 4 heterocycles. The lowest BCUT2D eigenvalue weighted by atomic mass is 9.85. The summed E-state index contributed by atoms with van der Waals surface area (Å²) < 4.78 is 0. The Morgan fingerprint density at radius 3 is 2.51 bits per heavy atom. The Morgan fingerprint density at radius 2 is 1.78 bits per heavy atom. The summed E-state index contributed by atoms with van der Waals surface area (Å²) in [5.41, 5.74) is 9.41. The molecule has 3 aliphatic heterocycles. The van der Waals surface area contributed by atoms with E-state index >= 15 is 0 Å². The highest BCUT2D eigenvalue weighted by molar-refractivity contribution is 6.23. The molecule has 2 saturated heterocycles. The summed E-state index contributed by atoms with van der Waals surface area (Å²) in [6, 6.07) is 11.6. The molecule has 0 radical (unpaired) electrons. The number of nitrogens with one attached hydrogen (secondary N) is 2. The van der Waals surface area contributed by atoms with Crippen LogP contribution in [0.15, 0.2) is 59.9 Å². The van der Waals surface area contributed by atoms with E-state index in [1.807, 2.05) is 43.0 Å². The number of rotatable bonds is 10. The highest BCUT2D eigenvalue weighted by Crippen LogP contribution is 2.31. The minimum atomic E-state index is -1.00. The molecule has 6 rings (SSSR count). The molecule has 3 aliphatic rings. The smallest absolute Gasteiger partial charge is 0.262 e. The van der Waals surface area contributed by atoms with Gasteiger partial charge in [0.25, 0.3) is 11.8 Å². The van der Waals surface area contributed by atoms with Gasteiger partial charge in [-0.05, 0) is 62.4 Å². The van der Waals surface area contributed by atoms with Crippen LogP contribution in [-0.2, 0) is 14.4 Å². The van der Waals surface area contributed by atoms with Crippen LogP contribution in [0, 0.1) is 5.41 Å². The summed E-state index contributed by atoms with van der Waals surface area (Å²) in [5.74, 6) is -2.02. The first-order chi connectivity index (χ1) is 23.6. The van der Waals surface area contributed by atoms with Crippen LogP contribution in [0.4, 0.5) is 5.69 Å². The standard InChI is InChI=1S/C36H40N8O5/c1-36(2,14-5-15-38-24-8-9-25-26(18-24)34(48)44(33(25)47)30-10-11-31(45)42-32(30)46)35(49)43-16-12-23(13-17-43)39-20-22(19-37)29-21-40-27-6-3-4-7-28(27)41-29/h3-4,6-9,18-21,23,30,38H,5,10-17,37H2,1-2H3,(H,42,45,46). The third-order valence-corrected chi connectivity index (χ3v) is 9.43. The first kappa shape index (κ1) is 33.4. The van der Waals surface area contributed by atoms with Crippen molar-refractivity contribution in [2.75, 3.05) is 25.0 Å². The molecular weight excluding hydrogens is 624 g/mol. The number of likely N-dealkylation sites (tertiary alicyclic amines) is 1. The maximum Gasteiger partial charge on any atom is 0.262 e. The summed E-state index contributed by atoms with van der Waals surface area (Å²) in [4.78, 5) is 80.2. The number of anilines is 1. The van der Waals surface area contributed by atoms with Crippen molar-refractivity contribution in [1.82, 2.24) is 25.1 Å². The molecule has 1 atom stereocenters. The van der Waals surface area contributed by atoms with Gasteiger partial charge < -0.3 is 16.0 Å². The zero-order valence-electron chi connectivity index (χ0n) is 27.6. The molecule has 49 heavy (non-hydrogen) atoms. The van der Waals surface area contributed by atoms with Crippen molar-refractivity contribution in [2.24, 2.45) is 16.1 Å². The normalized spacial score (nSPS) is 19.1. The van der Waals surface area contributed by atoms with E-state index in [-0.39, 0.29) is 35.9 Å². The number of amides is 5. The van der Waals surface area contributed by atoms with Crippen LogP contribution < -0.4 is 16.4 Å². The summed E-state index contributed by atoms with van der Waals surface area (Å²) >= 11 is 0. The van der Waals surface area contributed by atoms with E-state index < -0.39 is 35.1 Å². The van der Waals surface area contributed by atoms with E-state index in [4.69, 9.17) is 10.7 Å². The Morgan fingerprint density at radius 1 is 1.04 bits per heavy atom. The van der Waals surface area contributed by atoms with Crippen molar-refractivity contribution < 1.29 is 24.0 Å². The van der Waals surface area contributed by atoms with Crippen LogP contribution in [0.5, 0.6) is 0 Å². The van der Waals surface area contributed by atoms with E-state index in [0.717, 1.165) is 28.8 Å². The number of hydrogen-bond donors (Lipinski definition) is 3. The van der Waals surface area contributed by atoms with Crippen LogP contribution >= 0.6 is 0 Å². The van der Waals surface area contributed by atoms with E-state index in [0.29, 0.717) is 49.4 Å². The number of imide groups is 2. The maximum atomic E-state index is 13.5. The van der Waals surface area contributed by atoms with Gasteiger partial charge in [0.1, 0.15) is 6.04 Å². The fraction of sp³-hybridized carbons (Fsp3) is 0.389. The molecule has 13 heteroatoms. The summed E-state index contributed by atoms with van der Waals surface area (Å²) in [6.45, 7) is 5.73. The second kappa shape index (κ2) is 14.0. The van der Waals surface area contributed by atoms with Crippen molar-refractivity contribution in [3.63, 3.8) is 0 Å². The molecule has 1 aromatic heterocycles. The maximum absolute atomic E-state index is 13.5. The number of nitrogens with zero attached hydrogens (tertiary/aromatic N) is 5. The van der Waals surface area contributed by atoms with Gasteiger partial charge in [0.15, 0.2) is 0 Å². The molecule has 5 amide bonds. The second-order valence-corrected chi connectivity index (χ2v) is 13.3. The molecule has 0 spiro atoms. The number of fused-ring (bicyclic) bond motifs is 2. The number of benzene rings is 2. The molecule has 2 aromatic carbocycles. The highest BCUT2D eigenvalue weighted by atomic mass is 16.2. The zero-order valence-corrected chi connectivity index (χ0v) is 27.6. The van der Waals surface area contributed by atoms with Crippen molar-refractivity contribution in [1.29, 1.82) is 0 Å². The SMILES string of the molecule is CC(C)(CCCNc1ccc2c(c1)C(=O)N(C1CCC(=O)NC1=O)C2=O)C(=O)N1CCC(N=CC(=CN)c2cnc3ccccc3n2)CC1. The van der Waals surface area contributed by atoms with Gasteiger partial charge >= 0.3 is 0 Å². The van der Waals surface area contributed by atoms with Gasteiger partial charge in [-0.2, -0.15) is 0 Å². The number of carbonyl (C=O) groups is 5. The highest BCUT2D eigenvalue weighted by Gasteiger charge is 2.44. The van der Waals surface area contributed by atoms with Crippen LogP contribution in [0.25, 0.3) is 16.6 Å². The molecule has 4 N–H and O–H groups in total. The second-order valence-electron chi connectivity index (χ2n) is 13.3. The number of hydrogen-bond acceptors (Lipinski definition) is 10. The third-order valence-electron chi connectivity index (χ3n) is 9.43. The van der Waals surface area contributed by atoms with Crippen molar-refractivity contribution in [3.8, 4) is 0 Å². The Labute approximate surface area is 284 Å². The predicted octanol–water partition coefficient (Wildman–Crippen LogP) is 3.31. The van der Waals surface area contributed by atoms with Crippen LogP contribution in [0.2, 0.25) is 0 Å². The molecule has 0 bridgehead atoms. The van der Waals surface area contributed by atoms with Gasteiger partial charge in [-0.3, -0.25) is 44.2 Å². The van der Waals surface area contributed by atoms with E-state index in [1.54, 1.807) is 30.6 Å². The predicted molar refractivity (Wildman–Crippen MR) is 184 cm³/mol. The minimum absolute atomic E-state index is 0.0692. The van der Waals surface area contributed by atoms with Crippen LogP contribution in [0.1, 0.15) is 78.8 Å². The minimum Gasteiger partial charge on any atom is -0.404 e. The summed E-state index contributed by atoms with van der Waals surface area (Å²) in [7, 11) is 0. The third kappa shape index (κ3) is 7.06. The van der Waals surface area contributed by atoms with Crippen molar-refractivity contribution >= 4 is 58.0 Å². The quantitative estimate of drug-likeness (QED) is 0.167. The molecule has 3 aromatic rings. The van der Waals surface area contributed by atoms with Crippen molar-refractivity contribution in [3.05, 3.63) is 71.7 Å². The largest absolute Gasteiger partial charge is 0.404 e. The van der Waals surface area contributed by atoms with E-state index in [1.165, 1.54) is 6.20 Å². The first-order valence-electron chi connectivity index (χ1n) is 16.6. The van der Waals surface area contributed by atoms with Gasteiger partial charge in [0, 0.05) is 55.1 Å². The Balaban J connectivity index is 0.965. The molecule has 254 valence electrons. The Hall–Kier alpha value is -5.46. The number of aliphatic imine (C=N–C) groups is 1. The first-order valence-corrected chi connectivity index (χ1v) is 16.6. The average molecular weight is 665 g/mol. The number of aromatic nitrogens is 2. The van der Waals surface area contributed by atoms with Crippen molar-refractivity contribution in [2.45, 2.75) is 64.5 Å². The molecule has 13 nitrogen and oxygen atoms in total. The van der Waals surface area contributed by atoms with Gasteiger partial charge in [0.05, 0.1) is 40.1 Å². The summed E-state index contributed by atoms with van der Waals surface area (Å²) in [5, 5.41) is 5.50. The molecule has 1 unspecified atom stereocenters. The van der Waals surface area contributed by atoms with Crippen LogP contribution in [0.3, 0.4) is 0 Å². The topological polar surface area (TPSA) is 180 Å². The van der Waals surface area contributed by atoms with Gasteiger partial charge in [-0.1, -0.05) is 26.0 Å². The lowest BCUT2D eigenvalue weighted by molar-refractivity contribution is -0.142. The van der Waals surface area contributed by atoms with E-state index in [9.17, 15) is 24.0 Å². The van der Waals surface area contributed by atoms with Gasteiger partial charge in [-0.15, -0.1) is 0 Å². The number of allylic oxidation sites excluding steroid dienone is 1. The monoisotopic (exact) mass is 664 g/mol. The lowest BCUT2D eigenvalue weighted by Gasteiger charge is -2.36. The Bertz CT molecular complexity index is 1880. The zero-order chi connectivity index (χ0) is 34.7. The molecular formula is C36H40N8O5.